The lowest BCUT2D eigenvalue weighted by atomic mass is 10.0. The zero-order valence-electron chi connectivity index (χ0n) is 6.48. The number of amides is 1. The molecule has 0 fully saturated rings. The van der Waals surface area contributed by atoms with Gasteiger partial charge in [-0.25, -0.2) is 0 Å². The van der Waals surface area contributed by atoms with Gasteiger partial charge in [0.25, 0.3) is 0 Å². The molecular weight excluding hydrogens is 194 g/mol. The van der Waals surface area contributed by atoms with Crippen LogP contribution in [0.15, 0.2) is 0 Å². The summed E-state index contributed by atoms with van der Waals surface area (Å²) in [5.74, 6) is -0.277. The highest BCUT2D eigenvalue weighted by Gasteiger charge is 2.25. The van der Waals surface area contributed by atoms with Crippen molar-refractivity contribution in [1.29, 1.82) is 0 Å². The predicted octanol–water partition coefficient (Wildman–Crippen LogP) is 1.82. The molecule has 1 amide bonds. The molecule has 0 rings (SSSR count). The Morgan fingerprint density at radius 2 is 2.20 bits per heavy atom. The molecule has 1 unspecified atom stereocenters. The molecule has 3 heteroatoms. The van der Waals surface area contributed by atoms with Crippen LogP contribution in [0.1, 0.15) is 33.1 Å². The van der Waals surface area contributed by atoms with Crippen LogP contribution >= 0.6 is 15.9 Å². The van der Waals surface area contributed by atoms with Crippen molar-refractivity contribution in [2.24, 2.45) is 5.73 Å². The van der Waals surface area contributed by atoms with Crippen molar-refractivity contribution in [2.45, 2.75) is 37.4 Å². The molecule has 0 aliphatic rings. The summed E-state index contributed by atoms with van der Waals surface area (Å²) in [6, 6.07) is 0. The molecule has 60 valence electrons. The molecule has 0 saturated heterocycles. The van der Waals surface area contributed by atoms with Crippen LogP contribution in [0.25, 0.3) is 0 Å². The smallest absolute Gasteiger partial charge is 0.234 e. The number of primary amides is 1. The first-order valence-electron chi connectivity index (χ1n) is 3.49. The van der Waals surface area contributed by atoms with Gasteiger partial charge in [-0.2, -0.15) is 0 Å². The average Bonchev–Trinajstić information content (AvgIpc) is 1.84. The van der Waals surface area contributed by atoms with Gasteiger partial charge < -0.3 is 5.73 Å². The lowest BCUT2D eigenvalue weighted by Gasteiger charge is -2.16. The Balaban J connectivity index is 3.75. The van der Waals surface area contributed by atoms with Crippen LogP contribution in [0.4, 0.5) is 0 Å². The number of hydrogen-bond donors (Lipinski definition) is 1. The normalized spacial score (nSPS) is 16.3. The van der Waals surface area contributed by atoms with Gasteiger partial charge in [-0.3, -0.25) is 4.79 Å². The van der Waals surface area contributed by atoms with Gasteiger partial charge in [0.2, 0.25) is 5.91 Å². The monoisotopic (exact) mass is 207 g/mol. The zero-order chi connectivity index (χ0) is 8.20. The van der Waals surface area contributed by atoms with Gasteiger partial charge in [0.05, 0.1) is 0 Å². The van der Waals surface area contributed by atoms with E-state index in [0.29, 0.717) is 0 Å². The van der Waals surface area contributed by atoms with E-state index in [4.69, 9.17) is 5.73 Å². The number of hydrogen-bond acceptors (Lipinski definition) is 1. The van der Waals surface area contributed by atoms with Gasteiger partial charge >= 0.3 is 0 Å². The zero-order valence-corrected chi connectivity index (χ0v) is 8.07. The van der Waals surface area contributed by atoms with Crippen LogP contribution in [-0.2, 0) is 4.79 Å². The first-order valence-corrected chi connectivity index (χ1v) is 4.29. The van der Waals surface area contributed by atoms with Crippen LogP contribution in [0.3, 0.4) is 0 Å². The highest BCUT2D eigenvalue weighted by molar-refractivity contribution is 9.10. The summed E-state index contributed by atoms with van der Waals surface area (Å²) in [5, 5.41) is 0. The van der Waals surface area contributed by atoms with E-state index < -0.39 is 4.32 Å². The van der Waals surface area contributed by atoms with E-state index in [2.05, 4.69) is 22.9 Å². The lowest BCUT2D eigenvalue weighted by Crippen LogP contribution is -2.34. The number of halogens is 1. The number of nitrogens with two attached hydrogens (primary N) is 1. The average molecular weight is 208 g/mol. The van der Waals surface area contributed by atoms with Gasteiger partial charge in [-0.15, -0.1) is 0 Å². The van der Waals surface area contributed by atoms with E-state index in [1.807, 2.05) is 6.92 Å². The van der Waals surface area contributed by atoms with Crippen molar-refractivity contribution in [3.63, 3.8) is 0 Å². The molecule has 10 heavy (non-hydrogen) atoms. The standard InChI is InChI=1S/C7H14BrNO/c1-3-4-5-7(2,8)6(9)10/h3-5H2,1-2H3,(H2,9,10). The van der Waals surface area contributed by atoms with E-state index in [0.717, 1.165) is 19.3 Å². The quantitative estimate of drug-likeness (QED) is 0.703. The SMILES string of the molecule is CCCCC(C)(Br)C(N)=O. The topological polar surface area (TPSA) is 43.1 Å². The van der Waals surface area contributed by atoms with E-state index in [-0.39, 0.29) is 5.91 Å². The second kappa shape index (κ2) is 3.96. The molecule has 0 bridgehead atoms. The Morgan fingerprint density at radius 1 is 1.70 bits per heavy atom. The van der Waals surface area contributed by atoms with Gasteiger partial charge in [0.15, 0.2) is 0 Å². The molecule has 1 atom stereocenters. The minimum atomic E-state index is -0.497. The second-order valence-electron chi connectivity index (χ2n) is 2.67. The van der Waals surface area contributed by atoms with E-state index in [1.54, 1.807) is 0 Å². The van der Waals surface area contributed by atoms with E-state index >= 15 is 0 Å². The van der Waals surface area contributed by atoms with Crippen LogP contribution in [0.2, 0.25) is 0 Å². The summed E-state index contributed by atoms with van der Waals surface area (Å²) < 4.78 is -0.497. The first-order chi connectivity index (χ1) is 4.50. The number of rotatable bonds is 4. The van der Waals surface area contributed by atoms with Crippen LogP contribution in [-0.4, -0.2) is 10.2 Å². The lowest BCUT2D eigenvalue weighted by molar-refractivity contribution is -0.119. The molecule has 0 radical (unpaired) electrons. The predicted molar refractivity (Wildman–Crippen MR) is 46.1 cm³/mol. The molecule has 0 aliphatic heterocycles. The molecule has 0 aromatic rings. The maximum atomic E-state index is 10.7. The molecule has 2 nitrogen and oxygen atoms in total. The molecule has 0 aliphatic carbocycles. The molecule has 0 heterocycles. The number of carbonyl (C=O) groups excluding carboxylic acids is 1. The van der Waals surface area contributed by atoms with Crippen molar-refractivity contribution < 1.29 is 4.79 Å². The Morgan fingerprint density at radius 3 is 2.50 bits per heavy atom. The summed E-state index contributed by atoms with van der Waals surface area (Å²) in [7, 11) is 0. The third-order valence-electron chi connectivity index (χ3n) is 1.51. The summed E-state index contributed by atoms with van der Waals surface area (Å²) in [5.41, 5.74) is 5.13. The Labute approximate surface area is 70.3 Å². The van der Waals surface area contributed by atoms with Gasteiger partial charge in [0, 0.05) is 0 Å². The van der Waals surface area contributed by atoms with Crippen molar-refractivity contribution in [3.8, 4) is 0 Å². The largest absolute Gasteiger partial charge is 0.368 e. The fourth-order valence-electron chi connectivity index (χ4n) is 0.632. The second-order valence-corrected chi connectivity index (χ2v) is 4.42. The third-order valence-corrected chi connectivity index (χ3v) is 2.30. The Kier molecular flexibility index (Phi) is 3.94. The Hall–Kier alpha value is -0.0500. The minimum Gasteiger partial charge on any atom is -0.368 e. The van der Waals surface area contributed by atoms with Crippen molar-refractivity contribution in [1.82, 2.24) is 0 Å². The summed E-state index contributed by atoms with van der Waals surface area (Å²) in [6.45, 7) is 3.90. The van der Waals surface area contributed by atoms with Gasteiger partial charge in [-0.05, 0) is 13.3 Å². The highest BCUT2D eigenvalue weighted by Crippen LogP contribution is 2.23. The molecule has 0 spiro atoms. The molecule has 2 N–H and O–H groups in total. The van der Waals surface area contributed by atoms with Crippen molar-refractivity contribution in [3.05, 3.63) is 0 Å². The van der Waals surface area contributed by atoms with Gasteiger partial charge in [-0.1, -0.05) is 35.7 Å². The van der Waals surface area contributed by atoms with Crippen molar-refractivity contribution in [2.75, 3.05) is 0 Å². The van der Waals surface area contributed by atoms with Crippen LogP contribution in [0, 0.1) is 0 Å². The number of unbranched alkanes of at least 4 members (excludes halogenated alkanes) is 1. The highest BCUT2D eigenvalue weighted by atomic mass is 79.9. The van der Waals surface area contributed by atoms with E-state index in [9.17, 15) is 4.79 Å². The maximum Gasteiger partial charge on any atom is 0.234 e. The maximum absolute atomic E-state index is 10.7. The summed E-state index contributed by atoms with van der Waals surface area (Å²) in [6.07, 6.45) is 2.94. The van der Waals surface area contributed by atoms with Crippen LogP contribution in [0.5, 0.6) is 0 Å². The van der Waals surface area contributed by atoms with Crippen LogP contribution < -0.4 is 5.73 Å². The fourth-order valence-corrected chi connectivity index (χ4v) is 0.912. The Bertz CT molecular complexity index is 123. The third kappa shape index (κ3) is 3.20. The molecule has 0 saturated carbocycles. The summed E-state index contributed by atoms with van der Waals surface area (Å²) >= 11 is 3.27. The first kappa shape index (κ1) is 9.95. The molecule has 0 aromatic carbocycles. The fraction of sp³-hybridized carbons (Fsp3) is 0.857. The number of alkyl halides is 1. The van der Waals surface area contributed by atoms with E-state index in [1.165, 1.54) is 0 Å². The minimum absolute atomic E-state index is 0.277. The van der Waals surface area contributed by atoms with Gasteiger partial charge in [0.1, 0.15) is 4.32 Å². The summed E-state index contributed by atoms with van der Waals surface area (Å²) in [4.78, 5) is 10.7. The van der Waals surface area contributed by atoms with Crippen molar-refractivity contribution >= 4 is 21.8 Å². The molecular formula is C7H14BrNO. The molecule has 0 aromatic heterocycles. The number of carbonyl (C=O) groups is 1.